The maximum atomic E-state index is 9.21. The van der Waals surface area contributed by atoms with E-state index in [2.05, 4.69) is 10.3 Å². The van der Waals surface area contributed by atoms with E-state index in [4.69, 9.17) is 5.73 Å². The van der Waals surface area contributed by atoms with Gasteiger partial charge in [-0.1, -0.05) is 19.1 Å². The van der Waals surface area contributed by atoms with Gasteiger partial charge in [0.1, 0.15) is 5.82 Å². The second kappa shape index (κ2) is 5.01. The number of aliphatic hydroxyl groups is 1. The third kappa shape index (κ3) is 2.31. The molecular weight excluding hydrogens is 214 g/mol. The second-order valence-corrected chi connectivity index (χ2v) is 4.04. The molecule has 1 unspecified atom stereocenters. The smallest absolute Gasteiger partial charge is 0.136 e. The van der Waals surface area contributed by atoms with E-state index in [0.717, 1.165) is 23.0 Å². The fourth-order valence-electron chi connectivity index (χ4n) is 1.84. The van der Waals surface area contributed by atoms with Crippen molar-refractivity contribution in [3.8, 4) is 0 Å². The molecular formula is C13H17N3O. The van der Waals surface area contributed by atoms with Crippen LogP contribution in [0, 0.1) is 0 Å². The van der Waals surface area contributed by atoms with Crippen molar-refractivity contribution in [2.75, 3.05) is 17.7 Å². The van der Waals surface area contributed by atoms with Crippen LogP contribution in [0.4, 0.5) is 11.5 Å². The molecule has 0 aliphatic carbocycles. The fraction of sp³-hybridized carbons (Fsp3) is 0.308. The average molecular weight is 231 g/mol. The Kier molecular flexibility index (Phi) is 3.44. The molecule has 1 aromatic heterocycles. The predicted molar refractivity (Wildman–Crippen MR) is 70.9 cm³/mol. The van der Waals surface area contributed by atoms with Crippen molar-refractivity contribution < 1.29 is 5.11 Å². The lowest BCUT2D eigenvalue weighted by Gasteiger charge is -2.16. The van der Waals surface area contributed by atoms with E-state index in [1.165, 1.54) is 0 Å². The molecule has 0 radical (unpaired) electrons. The van der Waals surface area contributed by atoms with Gasteiger partial charge in [0.25, 0.3) is 0 Å². The molecule has 2 rings (SSSR count). The number of nitrogens with two attached hydrogens (primary N) is 1. The van der Waals surface area contributed by atoms with Crippen molar-refractivity contribution >= 4 is 22.3 Å². The molecule has 1 heterocycles. The SMILES string of the molecule is CCC(CO)Nc1nccc2cccc(N)c12. The Labute approximate surface area is 100 Å². The average Bonchev–Trinajstić information content (AvgIpc) is 2.36. The van der Waals surface area contributed by atoms with Gasteiger partial charge in [-0.15, -0.1) is 0 Å². The van der Waals surface area contributed by atoms with Crippen LogP contribution in [0.15, 0.2) is 30.5 Å². The number of nitrogens with zero attached hydrogens (tertiary/aromatic N) is 1. The number of benzene rings is 1. The van der Waals surface area contributed by atoms with Crippen LogP contribution in [-0.4, -0.2) is 22.7 Å². The van der Waals surface area contributed by atoms with Gasteiger partial charge < -0.3 is 16.2 Å². The van der Waals surface area contributed by atoms with Crippen molar-refractivity contribution in [2.45, 2.75) is 19.4 Å². The van der Waals surface area contributed by atoms with E-state index in [1.54, 1.807) is 6.20 Å². The van der Waals surface area contributed by atoms with Crippen molar-refractivity contribution in [1.29, 1.82) is 0 Å². The molecule has 2 aromatic rings. The molecule has 0 spiro atoms. The van der Waals surface area contributed by atoms with Gasteiger partial charge in [0.2, 0.25) is 0 Å². The quantitative estimate of drug-likeness (QED) is 0.704. The molecule has 17 heavy (non-hydrogen) atoms. The highest BCUT2D eigenvalue weighted by molar-refractivity contribution is 6.00. The molecule has 0 bridgehead atoms. The summed E-state index contributed by atoms with van der Waals surface area (Å²) in [6.45, 7) is 2.10. The van der Waals surface area contributed by atoms with E-state index in [9.17, 15) is 5.11 Å². The molecule has 1 atom stereocenters. The van der Waals surface area contributed by atoms with E-state index >= 15 is 0 Å². The van der Waals surface area contributed by atoms with Gasteiger partial charge in [-0.05, 0) is 23.9 Å². The number of aliphatic hydroxyl groups excluding tert-OH is 1. The number of nitrogens with one attached hydrogen (secondary N) is 1. The number of hydrogen-bond acceptors (Lipinski definition) is 4. The molecule has 0 fully saturated rings. The number of aromatic nitrogens is 1. The van der Waals surface area contributed by atoms with Crippen molar-refractivity contribution in [3.05, 3.63) is 30.5 Å². The summed E-state index contributed by atoms with van der Waals surface area (Å²) in [5, 5.41) is 14.4. The Balaban J connectivity index is 2.46. The summed E-state index contributed by atoms with van der Waals surface area (Å²) in [6, 6.07) is 7.71. The standard InChI is InChI=1S/C13H17N3O/c1-2-10(8-17)16-13-12-9(6-7-15-13)4-3-5-11(12)14/h3-7,10,17H,2,8,14H2,1H3,(H,15,16). The van der Waals surface area contributed by atoms with Crippen molar-refractivity contribution in [3.63, 3.8) is 0 Å². The van der Waals surface area contributed by atoms with Crippen LogP contribution in [0.25, 0.3) is 10.8 Å². The normalized spacial score (nSPS) is 12.6. The molecule has 0 amide bonds. The van der Waals surface area contributed by atoms with Crippen molar-refractivity contribution in [1.82, 2.24) is 4.98 Å². The van der Waals surface area contributed by atoms with Crippen LogP contribution in [0.3, 0.4) is 0 Å². The first-order valence-electron chi connectivity index (χ1n) is 5.77. The molecule has 4 nitrogen and oxygen atoms in total. The van der Waals surface area contributed by atoms with Gasteiger partial charge in [-0.3, -0.25) is 0 Å². The number of fused-ring (bicyclic) bond motifs is 1. The lowest BCUT2D eigenvalue weighted by Crippen LogP contribution is -2.23. The molecule has 0 aliphatic rings. The number of pyridine rings is 1. The highest BCUT2D eigenvalue weighted by Crippen LogP contribution is 2.27. The lowest BCUT2D eigenvalue weighted by molar-refractivity contribution is 0.271. The van der Waals surface area contributed by atoms with Gasteiger partial charge in [0.15, 0.2) is 0 Å². The van der Waals surface area contributed by atoms with Crippen LogP contribution < -0.4 is 11.1 Å². The molecule has 1 aromatic carbocycles. The highest BCUT2D eigenvalue weighted by atomic mass is 16.3. The fourth-order valence-corrected chi connectivity index (χ4v) is 1.84. The third-order valence-electron chi connectivity index (χ3n) is 2.88. The molecule has 0 saturated carbocycles. The van der Waals surface area contributed by atoms with Crippen LogP contribution in [0.5, 0.6) is 0 Å². The highest BCUT2D eigenvalue weighted by Gasteiger charge is 2.09. The topological polar surface area (TPSA) is 71.2 Å². The summed E-state index contributed by atoms with van der Waals surface area (Å²) in [5.74, 6) is 0.738. The summed E-state index contributed by atoms with van der Waals surface area (Å²) >= 11 is 0. The zero-order chi connectivity index (χ0) is 12.3. The Bertz CT molecular complexity index is 504. The Morgan fingerprint density at radius 2 is 2.24 bits per heavy atom. The number of anilines is 2. The minimum absolute atomic E-state index is 0.00714. The van der Waals surface area contributed by atoms with Crippen LogP contribution in [0.1, 0.15) is 13.3 Å². The van der Waals surface area contributed by atoms with Gasteiger partial charge in [0, 0.05) is 17.3 Å². The van der Waals surface area contributed by atoms with Gasteiger partial charge >= 0.3 is 0 Å². The Morgan fingerprint density at radius 3 is 2.94 bits per heavy atom. The second-order valence-electron chi connectivity index (χ2n) is 4.04. The maximum absolute atomic E-state index is 9.21. The molecule has 0 aliphatic heterocycles. The zero-order valence-corrected chi connectivity index (χ0v) is 9.85. The van der Waals surface area contributed by atoms with Crippen molar-refractivity contribution in [2.24, 2.45) is 0 Å². The van der Waals surface area contributed by atoms with Crippen LogP contribution in [0.2, 0.25) is 0 Å². The number of hydrogen-bond donors (Lipinski definition) is 3. The van der Waals surface area contributed by atoms with Gasteiger partial charge in [-0.2, -0.15) is 0 Å². The number of nitrogen functional groups attached to an aromatic ring is 1. The van der Waals surface area contributed by atoms with E-state index in [1.807, 2.05) is 31.2 Å². The first-order valence-corrected chi connectivity index (χ1v) is 5.77. The number of rotatable bonds is 4. The van der Waals surface area contributed by atoms with E-state index in [0.29, 0.717) is 5.69 Å². The minimum Gasteiger partial charge on any atom is -0.398 e. The monoisotopic (exact) mass is 231 g/mol. The summed E-state index contributed by atoms with van der Waals surface area (Å²) in [5.41, 5.74) is 6.67. The summed E-state index contributed by atoms with van der Waals surface area (Å²) < 4.78 is 0. The molecule has 0 saturated heterocycles. The molecule has 90 valence electrons. The third-order valence-corrected chi connectivity index (χ3v) is 2.88. The first kappa shape index (κ1) is 11.7. The Hall–Kier alpha value is -1.81. The van der Waals surface area contributed by atoms with Crippen LogP contribution in [-0.2, 0) is 0 Å². The zero-order valence-electron chi connectivity index (χ0n) is 9.85. The Morgan fingerprint density at radius 1 is 1.41 bits per heavy atom. The summed E-state index contributed by atoms with van der Waals surface area (Å²) in [7, 11) is 0. The maximum Gasteiger partial charge on any atom is 0.136 e. The van der Waals surface area contributed by atoms with E-state index < -0.39 is 0 Å². The molecule has 4 heteroatoms. The largest absolute Gasteiger partial charge is 0.398 e. The minimum atomic E-state index is 0.00714. The first-order chi connectivity index (χ1) is 8.26. The van der Waals surface area contributed by atoms with E-state index in [-0.39, 0.29) is 12.6 Å². The van der Waals surface area contributed by atoms with Crippen LogP contribution >= 0.6 is 0 Å². The molecule has 4 N–H and O–H groups in total. The summed E-state index contributed by atoms with van der Waals surface area (Å²) in [4.78, 5) is 4.30. The summed E-state index contributed by atoms with van der Waals surface area (Å²) in [6.07, 6.45) is 2.58. The van der Waals surface area contributed by atoms with Gasteiger partial charge in [-0.25, -0.2) is 4.98 Å². The lowest BCUT2D eigenvalue weighted by atomic mass is 10.1. The van der Waals surface area contributed by atoms with Gasteiger partial charge in [0.05, 0.1) is 12.6 Å². The predicted octanol–water partition coefficient (Wildman–Crippen LogP) is 2.00.